The van der Waals surface area contributed by atoms with Crippen LogP contribution in [0.3, 0.4) is 0 Å². The Hall–Kier alpha value is -1.39. The maximum atomic E-state index is 12.0. The predicted molar refractivity (Wildman–Crippen MR) is 77.7 cm³/mol. The third-order valence-corrected chi connectivity index (χ3v) is 4.02. The van der Waals surface area contributed by atoms with Crippen LogP contribution < -0.4 is 5.32 Å². The summed E-state index contributed by atoms with van der Waals surface area (Å²) in [6.45, 7) is 4.33. The molecule has 4 heteroatoms. The molecule has 1 atom stereocenters. The Morgan fingerprint density at radius 3 is 2.60 bits per heavy atom. The first-order valence-corrected chi connectivity index (χ1v) is 7.10. The van der Waals surface area contributed by atoms with E-state index in [9.17, 15) is 4.79 Å². The molecular weight excluding hydrogens is 254 g/mol. The Bertz CT molecular complexity index is 427. The molecular formula is C16H23NO3. The first-order valence-electron chi connectivity index (χ1n) is 7.10. The highest BCUT2D eigenvalue weighted by Crippen LogP contribution is 2.22. The lowest BCUT2D eigenvalue weighted by atomic mass is 9.90. The number of nitrogens with one attached hydrogen (secondary N) is 1. The van der Waals surface area contributed by atoms with Gasteiger partial charge in [-0.05, 0) is 25.3 Å². The number of hydrogen-bond acceptors (Lipinski definition) is 4. The van der Waals surface area contributed by atoms with Gasteiger partial charge >= 0.3 is 5.97 Å². The van der Waals surface area contributed by atoms with Crippen LogP contribution in [-0.4, -0.2) is 38.4 Å². The lowest BCUT2D eigenvalue weighted by Gasteiger charge is -2.35. The average molecular weight is 277 g/mol. The van der Waals surface area contributed by atoms with E-state index in [2.05, 4.69) is 12.2 Å². The average Bonchev–Trinajstić information content (AvgIpc) is 2.49. The highest BCUT2D eigenvalue weighted by molar-refractivity contribution is 5.78. The Labute approximate surface area is 120 Å². The molecule has 2 rings (SSSR count). The lowest BCUT2D eigenvalue weighted by Crippen LogP contribution is -2.48. The topological polar surface area (TPSA) is 47.6 Å². The second-order valence-electron chi connectivity index (χ2n) is 5.54. The van der Waals surface area contributed by atoms with Crippen molar-refractivity contribution in [3.63, 3.8) is 0 Å². The van der Waals surface area contributed by atoms with Crippen LogP contribution in [0.15, 0.2) is 30.3 Å². The summed E-state index contributed by atoms with van der Waals surface area (Å²) in [5.41, 5.74) is 1.03. The fourth-order valence-corrected chi connectivity index (χ4v) is 2.51. The van der Waals surface area contributed by atoms with E-state index in [0.29, 0.717) is 6.54 Å². The molecule has 0 amide bonds. The van der Waals surface area contributed by atoms with Gasteiger partial charge in [-0.25, -0.2) is 0 Å². The molecule has 0 bridgehead atoms. The Morgan fingerprint density at radius 1 is 1.35 bits per heavy atom. The molecule has 0 aromatic heterocycles. The molecule has 0 aliphatic carbocycles. The zero-order chi connectivity index (χ0) is 14.4. The predicted octanol–water partition coefficient (Wildman–Crippen LogP) is 2.10. The van der Waals surface area contributed by atoms with Crippen LogP contribution in [0.4, 0.5) is 0 Å². The molecule has 1 N–H and O–H groups in total. The summed E-state index contributed by atoms with van der Waals surface area (Å²) in [6, 6.07) is 9.78. The van der Waals surface area contributed by atoms with Crippen LogP contribution in [0.2, 0.25) is 0 Å². The van der Waals surface area contributed by atoms with E-state index in [0.717, 1.165) is 31.6 Å². The Morgan fingerprint density at radius 2 is 2.00 bits per heavy atom. The van der Waals surface area contributed by atoms with Gasteiger partial charge in [-0.3, -0.25) is 4.79 Å². The highest BCUT2D eigenvalue weighted by atomic mass is 16.5. The van der Waals surface area contributed by atoms with E-state index >= 15 is 0 Å². The van der Waals surface area contributed by atoms with Crippen molar-refractivity contribution in [2.75, 3.05) is 26.9 Å². The largest absolute Gasteiger partial charge is 0.469 e. The van der Waals surface area contributed by atoms with Gasteiger partial charge in [0.2, 0.25) is 0 Å². The van der Waals surface area contributed by atoms with Gasteiger partial charge in [0.05, 0.1) is 13.0 Å². The van der Waals surface area contributed by atoms with E-state index in [1.807, 2.05) is 30.3 Å². The second-order valence-corrected chi connectivity index (χ2v) is 5.54. The summed E-state index contributed by atoms with van der Waals surface area (Å²) >= 11 is 0. The molecule has 1 heterocycles. The zero-order valence-electron chi connectivity index (χ0n) is 12.2. The molecule has 1 aromatic carbocycles. The minimum Gasteiger partial charge on any atom is -0.469 e. The number of esters is 1. The van der Waals surface area contributed by atoms with Crippen LogP contribution in [0.25, 0.3) is 0 Å². The van der Waals surface area contributed by atoms with Crippen molar-refractivity contribution in [2.45, 2.75) is 31.2 Å². The van der Waals surface area contributed by atoms with Gasteiger partial charge in [0.25, 0.3) is 0 Å². The summed E-state index contributed by atoms with van der Waals surface area (Å²) in [5.74, 6) is -0.458. The molecule has 0 saturated carbocycles. The van der Waals surface area contributed by atoms with Crippen LogP contribution >= 0.6 is 0 Å². The molecule has 0 radical (unpaired) electrons. The Balaban J connectivity index is 2.03. The number of carbonyl (C=O) groups excluding carboxylic acids is 1. The van der Waals surface area contributed by atoms with E-state index in [1.165, 1.54) is 7.11 Å². The SMILES string of the molecule is COC(=O)C(CNC1(C)CCOCC1)c1ccccc1. The molecule has 1 aromatic rings. The number of hydrogen-bond donors (Lipinski definition) is 1. The van der Waals surface area contributed by atoms with E-state index < -0.39 is 0 Å². The molecule has 110 valence electrons. The van der Waals surface area contributed by atoms with Crippen molar-refractivity contribution >= 4 is 5.97 Å². The maximum absolute atomic E-state index is 12.0. The van der Waals surface area contributed by atoms with Gasteiger partial charge in [-0.1, -0.05) is 30.3 Å². The normalized spacial score (nSPS) is 19.3. The summed E-state index contributed by atoms with van der Waals surface area (Å²) in [4.78, 5) is 12.0. The molecule has 1 aliphatic heterocycles. The van der Waals surface area contributed by atoms with Gasteiger partial charge < -0.3 is 14.8 Å². The van der Waals surface area contributed by atoms with Gasteiger partial charge in [-0.15, -0.1) is 0 Å². The number of rotatable bonds is 5. The molecule has 1 fully saturated rings. The quantitative estimate of drug-likeness (QED) is 0.837. The van der Waals surface area contributed by atoms with E-state index in [1.54, 1.807) is 0 Å². The monoisotopic (exact) mass is 277 g/mol. The van der Waals surface area contributed by atoms with E-state index in [-0.39, 0.29) is 17.4 Å². The fourth-order valence-electron chi connectivity index (χ4n) is 2.51. The highest BCUT2D eigenvalue weighted by Gasteiger charge is 2.29. The van der Waals surface area contributed by atoms with Crippen molar-refractivity contribution in [3.05, 3.63) is 35.9 Å². The molecule has 1 unspecified atom stereocenters. The van der Waals surface area contributed by atoms with Crippen molar-refractivity contribution < 1.29 is 14.3 Å². The lowest BCUT2D eigenvalue weighted by molar-refractivity contribution is -0.142. The Kier molecular flexibility index (Phi) is 5.15. The van der Waals surface area contributed by atoms with Crippen molar-refractivity contribution in [2.24, 2.45) is 0 Å². The third-order valence-electron chi connectivity index (χ3n) is 4.02. The number of methoxy groups -OCH3 is 1. The smallest absolute Gasteiger partial charge is 0.314 e. The molecule has 0 spiro atoms. The minimum absolute atomic E-state index is 0.0410. The van der Waals surface area contributed by atoms with Gasteiger partial charge in [-0.2, -0.15) is 0 Å². The number of carbonyl (C=O) groups is 1. The summed E-state index contributed by atoms with van der Waals surface area (Å²) in [7, 11) is 1.44. The van der Waals surface area contributed by atoms with Gasteiger partial charge in [0, 0.05) is 25.3 Å². The van der Waals surface area contributed by atoms with Crippen molar-refractivity contribution in [3.8, 4) is 0 Å². The minimum atomic E-state index is -0.263. The van der Waals surface area contributed by atoms with Gasteiger partial charge in [0.1, 0.15) is 0 Å². The summed E-state index contributed by atoms with van der Waals surface area (Å²) in [6.07, 6.45) is 1.94. The molecule has 4 nitrogen and oxygen atoms in total. The third kappa shape index (κ3) is 3.81. The first-order chi connectivity index (χ1) is 9.64. The molecule has 1 saturated heterocycles. The standard InChI is InChI=1S/C16H23NO3/c1-16(8-10-20-11-9-16)17-12-14(15(18)19-2)13-6-4-3-5-7-13/h3-7,14,17H,8-12H2,1-2H3. The van der Waals surface area contributed by atoms with Crippen molar-refractivity contribution in [1.29, 1.82) is 0 Å². The number of benzene rings is 1. The summed E-state index contributed by atoms with van der Waals surface area (Å²) < 4.78 is 10.3. The van der Waals surface area contributed by atoms with E-state index in [4.69, 9.17) is 9.47 Å². The second kappa shape index (κ2) is 6.86. The van der Waals surface area contributed by atoms with Crippen LogP contribution in [0.1, 0.15) is 31.2 Å². The van der Waals surface area contributed by atoms with Crippen LogP contribution in [-0.2, 0) is 14.3 Å². The maximum Gasteiger partial charge on any atom is 0.314 e. The first kappa shape index (κ1) is 15.0. The molecule has 20 heavy (non-hydrogen) atoms. The van der Waals surface area contributed by atoms with Crippen LogP contribution in [0.5, 0.6) is 0 Å². The fraction of sp³-hybridized carbons (Fsp3) is 0.562. The van der Waals surface area contributed by atoms with Crippen molar-refractivity contribution in [1.82, 2.24) is 5.32 Å². The van der Waals surface area contributed by atoms with Crippen LogP contribution in [0, 0.1) is 0 Å². The summed E-state index contributed by atoms with van der Waals surface area (Å²) in [5, 5.41) is 3.53. The number of ether oxygens (including phenoxy) is 2. The molecule has 1 aliphatic rings. The van der Waals surface area contributed by atoms with Gasteiger partial charge in [0.15, 0.2) is 0 Å². The zero-order valence-corrected chi connectivity index (χ0v) is 12.2.